The zero-order valence-corrected chi connectivity index (χ0v) is 6.83. The van der Waals surface area contributed by atoms with Crippen LogP contribution in [0.15, 0.2) is 0 Å². The zero-order valence-electron chi connectivity index (χ0n) is 6.83. The largest absolute Gasteiger partial charge is 0.387 e. The number of piperidine rings is 1. The highest BCUT2D eigenvalue weighted by Gasteiger charge is 2.42. The van der Waals surface area contributed by atoms with Crippen LogP contribution in [0.1, 0.15) is 0 Å². The minimum Gasteiger partial charge on any atom is -0.387 e. The van der Waals surface area contributed by atoms with Crippen molar-refractivity contribution < 1.29 is 15.3 Å². The first-order valence-electron chi connectivity index (χ1n) is 3.74. The predicted molar refractivity (Wildman–Crippen MR) is 41.7 cm³/mol. The normalized spacial score (nSPS) is 51.0. The van der Waals surface area contributed by atoms with E-state index < -0.39 is 30.6 Å². The Hall–Kier alpha value is -0.240. The second-order valence-electron chi connectivity index (χ2n) is 3.12. The van der Waals surface area contributed by atoms with Crippen molar-refractivity contribution in [1.29, 1.82) is 0 Å². The van der Waals surface area contributed by atoms with Crippen molar-refractivity contribution >= 4 is 0 Å². The Morgan fingerprint density at radius 1 is 0.917 bits per heavy atom. The summed E-state index contributed by atoms with van der Waals surface area (Å²) in [7, 11) is 1.58. The maximum atomic E-state index is 9.27. The molecule has 0 saturated carbocycles. The Balaban J connectivity index is 2.76. The van der Waals surface area contributed by atoms with Gasteiger partial charge < -0.3 is 26.8 Å². The van der Waals surface area contributed by atoms with Gasteiger partial charge in [-0.05, 0) is 7.05 Å². The average Bonchev–Trinajstić information content (AvgIpc) is 2.08. The maximum Gasteiger partial charge on any atom is 0.111 e. The van der Waals surface area contributed by atoms with Crippen molar-refractivity contribution in [1.82, 2.24) is 4.90 Å². The highest BCUT2D eigenvalue weighted by molar-refractivity contribution is 4.94. The lowest BCUT2D eigenvalue weighted by molar-refractivity contribution is -0.154. The van der Waals surface area contributed by atoms with Gasteiger partial charge in [-0.1, -0.05) is 0 Å². The summed E-state index contributed by atoms with van der Waals surface area (Å²) >= 11 is 0. The van der Waals surface area contributed by atoms with Crippen molar-refractivity contribution in [2.45, 2.75) is 30.6 Å². The Bertz CT molecular complexity index is 110. The van der Waals surface area contributed by atoms with Gasteiger partial charge in [-0.15, -0.1) is 0 Å². The van der Waals surface area contributed by atoms with E-state index >= 15 is 0 Å². The molecule has 0 unspecified atom stereocenters. The maximum absolute atomic E-state index is 9.27. The molecule has 1 rings (SSSR count). The molecule has 12 heavy (non-hydrogen) atoms. The second-order valence-corrected chi connectivity index (χ2v) is 3.12. The number of nitrogens with two attached hydrogens (primary N) is 2. The molecule has 1 aliphatic heterocycles. The summed E-state index contributed by atoms with van der Waals surface area (Å²) in [6.45, 7) is 0. The predicted octanol–water partition coefficient (Wildman–Crippen LogP) is -3.42. The van der Waals surface area contributed by atoms with E-state index in [1.165, 1.54) is 4.90 Å². The number of nitrogens with zero attached hydrogens (tertiary/aromatic N) is 1. The first kappa shape index (κ1) is 9.85. The lowest BCUT2D eigenvalue weighted by Gasteiger charge is -2.44. The van der Waals surface area contributed by atoms with Crippen LogP contribution in [0.2, 0.25) is 0 Å². The number of hydrogen-bond acceptors (Lipinski definition) is 6. The van der Waals surface area contributed by atoms with E-state index in [0.717, 1.165) is 0 Å². The minimum atomic E-state index is -1.27. The van der Waals surface area contributed by atoms with E-state index in [4.69, 9.17) is 11.5 Å². The number of rotatable bonds is 0. The van der Waals surface area contributed by atoms with E-state index in [2.05, 4.69) is 0 Å². The molecule has 1 saturated heterocycles. The highest BCUT2D eigenvalue weighted by Crippen LogP contribution is 2.16. The molecular formula is C6H15N3O3. The van der Waals surface area contributed by atoms with Crippen LogP contribution in [-0.2, 0) is 0 Å². The van der Waals surface area contributed by atoms with Gasteiger partial charge >= 0.3 is 0 Å². The summed E-state index contributed by atoms with van der Waals surface area (Å²) in [6.07, 6.45) is -5.07. The molecular weight excluding hydrogens is 162 g/mol. The fourth-order valence-corrected chi connectivity index (χ4v) is 1.29. The van der Waals surface area contributed by atoms with Crippen molar-refractivity contribution in [2.75, 3.05) is 7.05 Å². The quantitative estimate of drug-likeness (QED) is 0.263. The fourth-order valence-electron chi connectivity index (χ4n) is 1.29. The lowest BCUT2D eigenvalue weighted by atomic mass is 9.97. The molecule has 0 aromatic carbocycles. The number of aliphatic hydroxyl groups excluding tert-OH is 3. The van der Waals surface area contributed by atoms with E-state index in [0.29, 0.717) is 0 Å². The molecule has 5 atom stereocenters. The molecule has 72 valence electrons. The summed E-state index contributed by atoms with van der Waals surface area (Å²) in [5, 5.41) is 27.8. The van der Waals surface area contributed by atoms with Gasteiger partial charge in [0.15, 0.2) is 0 Å². The molecule has 1 heterocycles. The van der Waals surface area contributed by atoms with Crippen molar-refractivity contribution in [3.63, 3.8) is 0 Å². The van der Waals surface area contributed by atoms with Crippen molar-refractivity contribution in [2.24, 2.45) is 11.5 Å². The molecule has 0 amide bonds. The molecule has 0 aromatic rings. The molecule has 0 radical (unpaired) electrons. The summed E-state index contributed by atoms with van der Waals surface area (Å²) in [5.74, 6) is 0. The van der Waals surface area contributed by atoms with Crippen LogP contribution < -0.4 is 11.5 Å². The topological polar surface area (TPSA) is 116 Å². The minimum absolute atomic E-state index is 0.738. The summed E-state index contributed by atoms with van der Waals surface area (Å²) in [6, 6.07) is 0. The first-order chi connectivity index (χ1) is 5.46. The van der Waals surface area contributed by atoms with Gasteiger partial charge in [0.2, 0.25) is 0 Å². The van der Waals surface area contributed by atoms with Crippen molar-refractivity contribution in [3.8, 4) is 0 Å². The lowest BCUT2D eigenvalue weighted by Crippen LogP contribution is -2.70. The van der Waals surface area contributed by atoms with Crippen LogP contribution in [0.5, 0.6) is 0 Å². The van der Waals surface area contributed by atoms with Crippen LogP contribution >= 0.6 is 0 Å². The fraction of sp³-hybridized carbons (Fsp3) is 1.00. The molecule has 0 aliphatic carbocycles. The standard InChI is InChI=1S/C6H15N3O3/c1-9-5(7)3(11)2(10)4(12)6(9)8/h2-6,10-12H,7-8H2,1H3/t2-,3+,4-,5-,6-/m1/s1. The van der Waals surface area contributed by atoms with E-state index in [-0.39, 0.29) is 0 Å². The average molecular weight is 177 g/mol. The Morgan fingerprint density at radius 3 is 1.58 bits per heavy atom. The SMILES string of the molecule is CN1[C@@H](N)[C@H](O)[C@H](O)[C@H](O)[C@@H]1N. The molecule has 6 heteroatoms. The second kappa shape index (κ2) is 3.25. The molecule has 6 nitrogen and oxygen atoms in total. The molecule has 7 N–H and O–H groups in total. The third-order valence-electron chi connectivity index (χ3n) is 2.34. The third kappa shape index (κ3) is 1.33. The smallest absolute Gasteiger partial charge is 0.111 e. The van der Waals surface area contributed by atoms with Crippen LogP contribution in [0.4, 0.5) is 0 Å². The molecule has 0 spiro atoms. The van der Waals surface area contributed by atoms with Crippen LogP contribution in [0.3, 0.4) is 0 Å². The Labute approximate surface area is 70.4 Å². The number of aliphatic hydroxyl groups is 3. The molecule has 1 aliphatic rings. The van der Waals surface area contributed by atoms with E-state index in [1.807, 2.05) is 0 Å². The van der Waals surface area contributed by atoms with Gasteiger partial charge in [0.1, 0.15) is 18.3 Å². The highest BCUT2D eigenvalue weighted by atomic mass is 16.4. The molecule has 0 bridgehead atoms. The summed E-state index contributed by atoms with van der Waals surface area (Å²) < 4.78 is 0. The molecule has 1 fully saturated rings. The van der Waals surface area contributed by atoms with Gasteiger partial charge in [-0.3, -0.25) is 4.90 Å². The van der Waals surface area contributed by atoms with Crippen LogP contribution in [-0.4, -0.2) is 57.9 Å². The van der Waals surface area contributed by atoms with Gasteiger partial charge in [0.25, 0.3) is 0 Å². The number of hydrogen-bond donors (Lipinski definition) is 5. The van der Waals surface area contributed by atoms with Crippen LogP contribution in [0.25, 0.3) is 0 Å². The molecule has 0 aromatic heterocycles. The van der Waals surface area contributed by atoms with Crippen molar-refractivity contribution in [3.05, 3.63) is 0 Å². The Morgan fingerprint density at radius 2 is 1.25 bits per heavy atom. The Kier molecular flexibility index (Phi) is 2.67. The zero-order chi connectivity index (χ0) is 9.46. The summed E-state index contributed by atoms with van der Waals surface area (Å²) in [5.41, 5.74) is 11.0. The first-order valence-corrected chi connectivity index (χ1v) is 3.74. The monoisotopic (exact) mass is 177 g/mol. The number of likely N-dealkylation sites (N-methyl/N-ethyl adjacent to an activating group) is 1. The third-order valence-corrected chi connectivity index (χ3v) is 2.34. The number of likely N-dealkylation sites (tertiary alicyclic amines) is 1. The van der Waals surface area contributed by atoms with Gasteiger partial charge in [0.05, 0.1) is 12.3 Å². The van der Waals surface area contributed by atoms with Gasteiger partial charge in [-0.25, -0.2) is 0 Å². The summed E-state index contributed by atoms with van der Waals surface area (Å²) in [4.78, 5) is 1.42. The van der Waals surface area contributed by atoms with E-state index in [1.54, 1.807) is 7.05 Å². The van der Waals surface area contributed by atoms with Gasteiger partial charge in [0, 0.05) is 0 Å². The van der Waals surface area contributed by atoms with Crippen LogP contribution in [0, 0.1) is 0 Å². The van der Waals surface area contributed by atoms with Gasteiger partial charge in [-0.2, -0.15) is 0 Å². The van der Waals surface area contributed by atoms with E-state index in [9.17, 15) is 15.3 Å².